The number of carbonyl (C=O) groups is 1. The molecule has 2 N–H and O–H groups in total. The first-order chi connectivity index (χ1) is 13.9. The van der Waals surface area contributed by atoms with Crippen molar-refractivity contribution in [3.63, 3.8) is 0 Å². The van der Waals surface area contributed by atoms with Crippen LogP contribution in [0.25, 0.3) is 0 Å². The zero-order valence-corrected chi connectivity index (χ0v) is 17.5. The first-order valence-corrected chi connectivity index (χ1v) is 11.0. The van der Waals surface area contributed by atoms with E-state index in [1.165, 1.54) is 10.5 Å². The van der Waals surface area contributed by atoms with E-state index in [9.17, 15) is 13.2 Å². The Morgan fingerprint density at radius 2 is 1.93 bits per heavy atom. The number of ether oxygens (including phenoxy) is 1. The molecule has 29 heavy (non-hydrogen) atoms. The minimum Gasteiger partial charge on any atom is -0.379 e. The van der Waals surface area contributed by atoms with Crippen LogP contribution in [0.2, 0.25) is 0 Å². The lowest BCUT2D eigenvalue weighted by molar-refractivity contribution is -0.366. The first-order valence-electron chi connectivity index (χ1n) is 9.60. The van der Waals surface area contributed by atoms with Gasteiger partial charge in [-0.05, 0) is 24.1 Å². The van der Waals surface area contributed by atoms with Crippen molar-refractivity contribution in [2.75, 3.05) is 50.1 Å². The number of anilines is 2. The van der Waals surface area contributed by atoms with E-state index in [-0.39, 0.29) is 17.3 Å². The normalized spacial score (nSPS) is 15.1. The van der Waals surface area contributed by atoms with Crippen molar-refractivity contribution in [2.24, 2.45) is 0 Å². The maximum atomic E-state index is 12.7. The monoisotopic (exact) mass is 419 g/mol. The fourth-order valence-corrected chi connectivity index (χ4v) is 4.55. The molecule has 2 aromatic rings. The van der Waals surface area contributed by atoms with E-state index in [1.54, 1.807) is 24.1 Å². The maximum Gasteiger partial charge on any atom is 0.274 e. The SMILES string of the molecule is CCc1ccccc1NC(=O)CN(C)c1ccc(S(=O)(=O)N2CCOCC2)c[nH+]1. The summed E-state index contributed by atoms with van der Waals surface area (Å²) in [6.45, 7) is 3.68. The van der Waals surface area contributed by atoms with Crippen molar-refractivity contribution in [3.8, 4) is 0 Å². The molecular weight excluding hydrogens is 392 g/mol. The summed E-state index contributed by atoms with van der Waals surface area (Å²) in [5.74, 6) is 0.497. The lowest BCUT2D eigenvalue weighted by Crippen LogP contribution is -2.41. The predicted octanol–water partition coefficient (Wildman–Crippen LogP) is 1.16. The highest BCUT2D eigenvalue weighted by atomic mass is 32.2. The van der Waals surface area contributed by atoms with Crippen molar-refractivity contribution in [1.29, 1.82) is 0 Å². The molecule has 1 aliphatic rings. The molecule has 0 atom stereocenters. The topological polar surface area (TPSA) is 93.1 Å². The van der Waals surface area contributed by atoms with Gasteiger partial charge < -0.3 is 10.1 Å². The van der Waals surface area contributed by atoms with E-state index in [0.717, 1.165) is 17.7 Å². The Morgan fingerprint density at radius 1 is 1.21 bits per heavy atom. The van der Waals surface area contributed by atoms with Gasteiger partial charge >= 0.3 is 0 Å². The van der Waals surface area contributed by atoms with Gasteiger partial charge in [0.1, 0.15) is 11.1 Å². The Balaban J connectivity index is 1.64. The number of rotatable bonds is 7. The van der Waals surface area contributed by atoms with Crippen LogP contribution in [0.5, 0.6) is 0 Å². The quantitative estimate of drug-likeness (QED) is 0.727. The summed E-state index contributed by atoms with van der Waals surface area (Å²) in [5.41, 5.74) is 1.89. The fourth-order valence-electron chi connectivity index (χ4n) is 3.18. The summed E-state index contributed by atoms with van der Waals surface area (Å²) in [6.07, 6.45) is 2.29. The smallest absolute Gasteiger partial charge is 0.274 e. The molecule has 3 rings (SSSR count). The summed E-state index contributed by atoms with van der Waals surface area (Å²) in [6, 6.07) is 10.9. The molecule has 0 unspecified atom stereocenters. The number of hydrogen-bond acceptors (Lipinski definition) is 5. The molecule has 0 radical (unpaired) electrons. The molecule has 156 valence electrons. The van der Waals surface area contributed by atoms with Crippen molar-refractivity contribution in [2.45, 2.75) is 18.2 Å². The lowest BCUT2D eigenvalue weighted by Gasteiger charge is -2.25. The van der Waals surface area contributed by atoms with Crippen LogP contribution in [0.4, 0.5) is 11.5 Å². The van der Waals surface area contributed by atoms with Crippen LogP contribution >= 0.6 is 0 Å². The van der Waals surface area contributed by atoms with Crippen LogP contribution in [-0.2, 0) is 26.0 Å². The van der Waals surface area contributed by atoms with Gasteiger partial charge in [-0.2, -0.15) is 4.31 Å². The molecule has 1 amide bonds. The van der Waals surface area contributed by atoms with Crippen LogP contribution in [-0.4, -0.2) is 58.5 Å². The molecule has 1 aromatic carbocycles. The molecule has 2 heterocycles. The predicted molar refractivity (Wildman–Crippen MR) is 110 cm³/mol. The number of morpholine rings is 1. The third-order valence-electron chi connectivity index (χ3n) is 4.84. The fraction of sp³-hybridized carbons (Fsp3) is 0.400. The highest BCUT2D eigenvalue weighted by molar-refractivity contribution is 7.89. The van der Waals surface area contributed by atoms with E-state index in [1.807, 2.05) is 31.2 Å². The van der Waals surface area contributed by atoms with E-state index in [0.29, 0.717) is 32.1 Å². The van der Waals surface area contributed by atoms with Crippen LogP contribution in [0.1, 0.15) is 12.5 Å². The van der Waals surface area contributed by atoms with Gasteiger partial charge in [-0.25, -0.2) is 13.4 Å². The number of amides is 1. The zero-order chi connectivity index (χ0) is 20.9. The van der Waals surface area contributed by atoms with Crippen molar-refractivity contribution < 1.29 is 22.9 Å². The van der Waals surface area contributed by atoms with Gasteiger partial charge in [0.15, 0.2) is 6.54 Å². The van der Waals surface area contributed by atoms with E-state index < -0.39 is 10.0 Å². The number of sulfonamides is 1. The highest BCUT2D eigenvalue weighted by Gasteiger charge is 2.27. The number of H-pyrrole nitrogens is 1. The van der Waals surface area contributed by atoms with Gasteiger partial charge in [-0.1, -0.05) is 25.1 Å². The molecule has 0 bridgehead atoms. The molecule has 1 saturated heterocycles. The molecule has 8 nitrogen and oxygen atoms in total. The molecule has 1 fully saturated rings. The number of carbonyl (C=O) groups excluding carboxylic acids is 1. The van der Waals surface area contributed by atoms with Crippen molar-refractivity contribution >= 4 is 27.4 Å². The number of aromatic nitrogens is 1. The molecule has 0 aliphatic carbocycles. The van der Waals surface area contributed by atoms with E-state index >= 15 is 0 Å². The van der Waals surface area contributed by atoms with Gasteiger partial charge in [0.2, 0.25) is 10.0 Å². The molecule has 1 aliphatic heterocycles. The maximum absolute atomic E-state index is 12.7. The van der Waals surface area contributed by atoms with E-state index in [4.69, 9.17) is 4.74 Å². The summed E-state index contributed by atoms with van der Waals surface area (Å²) in [7, 11) is -1.78. The van der Waals surface area contributed by atoms with Gasteiger partial charge in [0.25, 0.3) is 11.7 Å². The lowest BCUT2D eigenvalue weighted by atomic mass is 10.1. The Bertz CT molecular complexity index is 941. The van der Waals surface area contributed by atoms with Crippen LogP contribution in [0.3, 0.4) is 0 Å². The second-order valence-electron chi connectivity index (χ2n) is 6.84. The summed E-state index contributed by atoms with van der Waals surface area (Å²) in [4.78, 5) is 17.3. The second-order valence-corrected chi connectivity index (χ2v) is 8.78. The number of hydrogen-bond donors (Lipinski definition) is 1. The average Bonchev–Trinajstić information content (AvgIpc) is 2.74. The molecule has 1 aromatic heterocycles. The molecule has 9 heteroatoms. The van der Waals surface area contributed by atoms with Crippen molar-refractivity contribution in [1.82, 2.24) is 4.31 Å². The number of aryl methyl sites for hydroxylation is 1. The van der Waals surface area contributed by atoms with Gasteiger partial charge in [0, 0.05) is 24.8 Å². The Labute approximate surface area is 171 Å². The Morgan fingerprint density at radius 3 is 2.59 bits per heavy atom. The number of likely N-dealkylation sites (N-methyl/N-ethyl adjacent to an activating group) is 1. The van der Waals surface area contributed by atoms with Crippen LogP contribution in [0.15, 0.2) is 47.5 Å². The third-order valence-corrected chi connectivity index (χ3v) is 6.73. The molecule has 0 saturated carbocycles. The average molecular weight is 420 g/mol. The van der Waals surface area contributed by atoms with Gasteiger partial charge in [-0.15, -0.1) is 0 Å². The van der Waals surface area contributed by atoms with Crippen LogP contribution in [0, 0.1) is 0 Å². The summed E-state index contributed by atoms with van der Waals surface area (Å²) >= 11 is 0. The Hall–Kier alpha value is -2.49. The van der Waals surface area contributed by atoms with E-state index in [2.05, 4.69) is 10.3 Å². The third kappa shape index (κ3) is 5.11. The number of benzene rings is 1. The van der Waals surface area contributed by atoms with Crippen LogP contribution < -0.4 is 15.2 Å². The number of pyridine rings is 1. The minimum atomic E-state index is -3.55. The molecular formula is C20H27N4O4S+. The first kappa shape index (κ1) is 21.2. The highest BCUT2D eigenvalue weighted by Crippen LogP contribution is 2.18. The number of nitrogens with zero attached hydrogens (tertiary/aromatic N) is 2. The second kappa shape index (κ2) is 9.34. The van der Waals surface area contributed by atoms with Gasteiger partial charge in [-0.3, -0.25) is 9.69 Å². The Kier molecular flexibility index (Phi) is 6.83. The minimum absolute atomic E-state index is 0.129. The number of para-hydroxylation sites is 1. The number of aromatic amines is 1. The number of nitrogens with one attached hydrogen (secondary N) is 2. The zero-order valence-electron chi connectivity index (χ0n) is 16.7. The standard InChI is InChI=1S/C20H26N4O4S/c1-3-16-6-4-5-7-18(16)22-20(25)15-23(2)19-9-8-17(14-21-19)29(26,27)24-10-12-28-13-11-24/h4-9,14H,3,10-13,15H2,1-2H3,(H,22,25)/p+1. The largest absolute Gasteiger partial charge is 0.379 e. The van der Waals surface area contributed by atoms with Crippen molar-refractivity contribution in [3.05, 3.63) is 48.2 Å². The molecule has 0 spiro atoms. The summed E-state index contributed by atoms with van der Waals surface area (Å²) in [5, 5.41) is 2.93. The van der Waals surface area contributed by atoms with Gasteiger partial charge in [0.05, 0.1) is 20.3 Å². The summed E-state index contributed by atoms with van der Waals surface area (Å²) < 4.78 is 32.0.